The molecule has 1 saturated heterocycles. The van der Waals surface area contributed by atoms with Gasteiger partial charge in [0.15, 0.2) is 0 Å². The van der Waals surface area contributed by atoms with E-state index >= 15 is 0 Å². The molecule has 1 aliphatic rings. The van der Waals surface area contributed by atoms with E-state index in [0.29, 0.717) is 6.04 Å². The van der Waals surface area contributed by atoms with Crippen molar-refractivity contribution < 1.29 is 0 Å². The number of hydrogen-bond donors (Lipinski definition) is 2. The summed E-state index contributed by atoms with van der Waals surface area (Å²) in [5.41, 5.74) is 0. The zero-order chi connectivity index (χ0) is 11.3. The fraction of sp³-hybridized carbons (Fsp3) is 1.00. The summed E-state index contributed by atoms with van der Waals surface area (Å²) < 4.78 is 0. The van der Waals surface area contributed by atoms with Crippen LogP contribution >= 0.6 is 0 Å². The zero-order valence-corrected chi connectivity index (χ0v) is 10.4. The van der Waals surface area contributed by atoms with Crippen molar-refractivity contribution in [3.8, 4) is 0 Å². The van der Waals surface area contributed by atoms with Crippen LogP contribution in [0.3, 0.4) is 0 Å². The summed E-state index contributed by atoms with van der Waals surface area (Å²) in [5.74, 6) is 6.49. The summed E-state index contributed by atoms with van der Waals surface area (Å²) in [6.45, 7) is 8.85. The molecule has 0 spiro atoms. The minimum atomic E-state index is 0.609. The predicted octanol–water partition coefficient (Wildman–Crippen LogP) is 0.459. The molecule has 0 bridgehead atoms. The van der Waals surface area contributed by atoms with E-state index < -0.39 is 0 Å². The number of likely N-dealkylation sites (tertiary alicyclic amines) is 1. The van der Waals surface area contributed by atoms with Gasteiger partial charge >= 0.3 is 0 Å². The Morgan fingerprint density at radius 3 is 2.47 bits per heavy atom. The molecule has 1 heterocycles. The Balaban J connectivity index is 2.12. The second kappa shape index (κ2) is 6.43. The van der Waals surface area contributed by atoms with Crippen LogP contribution in [0.4, 0.5) is 0 Å². The first-order valence-corrected chi connectivity index (χ1v) is 5.99. The van der Waals surface area contributed by atoms with Gasteiger partial charge in [-0.05, 0) is 38.4 Å². The lowest BCUT2D eigenvalue weighted by molar-refractivity contribution is 0.111. The molecule has 1 fully saturated rings. The lowest BCUT2D eigenvalue weighted by atomic mass is 9.97. The number of nitrogens with one attached hydrogen (secondary N) is 1. The third-order valence-corrected chi connectivity index (χ3v) is 2.94. The van der Waals surface area contributed by atoms with Gasteiger partial charge < -0.3 is 5.32 Å². The summed E-state index contributed by atoms with van der Waals surface area (Å²) in [4.78, 5) is 2.42. The van der Waals surface area contributed by atoms with Crippen molar-refractivity contribution >= 4 is 0 Å². The number of nitrogens with zero attached hydrogens (tertiary/aromatic N) is 2. The van der Waals surface area contributed by atoms with Crippen molar-refractivity contribution in [1.82, 2.24) is 15.2 Å². The normalized spacial score (nSPS) is 20.4. The first-order valence-electron chi connectivity index (χ1n) is 5.99. The van der Waals surface area contributed by atoms with E-state index in [0.717, 1.165) is 12.6 Å². The van der Waals surface area contributed by atoms with E-state index in [9.17, 15) is 0 Å². The predicted molar refractivity (Wildman–Crippen MR) is 64.3 cm³/mol. The molecule has 15 heavy (non-hydrogen) atoms. The summed E-state index contributed by atoms with van der Waals surface area (Å²) >= 11 is 0. The second-order valence-electron chi connectivity index (χ2n) is 5.02. The molecule has 0 aromatic heterocycles. The molecule has 0 aliphatic carbocycles. The average molecular weight is 214 g/mol. The topological polar surface area (TPSA) is 44.5 Å². The Hall–Kier alpha value is -0.160. The minimum absolute atomic E-state index is 0.609. The molecule has 3 N–H and O–H groups in total. The molecule has 4 heteroatoms. The van der Waals surface area contributed by atoms with Gasteiger partial charge in [0.25, 0.3) is 0 Å². The third kappa shape index (κ3) is 5.47. The molecule has 0 saturated carbocycles. The summed E-state index contributed by atoms with van der Waals surface area (Å²) in [7, 11) is 1.92. The SMILES string of the molecule is CC(C)NCC1CCN(CN(C)N)CC1. The molecular formula is C11H26N4. The van der Waals surface area contributed by atoms with Crippen molar-refractivity contribution in [1.29, 1.82) is 0 Å². The largest absolute Gasteiger partial charge is 0.314 e. The van der Waals surface area contributed by atoms with E-state index in [-0.39, 0.29) is 0 Å². The highest BCUT2D eigenvalue weighted by molar-refractivity contribution is 4.73. The quantitative estimate of drug-likeness (QED) is 0.515. The van der Waals surface area contributed by atoms with Crippen LogP contribution in [-0.4, -0.2) is 49.3 Å². The molecule has 90 valence electrons. The summed E-state index contributed by atoms with van der Waals surface area (Å²) in [6.07, 6.45) is 2.60. The van der Waals surface area contributed by atoms with Gasteiger partial charge in [-0.15, -0.1) is 0 Å². The monoisotopic (exact) mass is 214 g/mol. The van der Waals surface area contributed by atoms with Crippen molar-refractivity contribution in [2.75, 3.05) is 33.4 Å². The lowest BCUT2D eigenvalue weighted by Crippen LogP contribution is -2.44. The molecule has 1 aliphatic heterocycles. The van der Waals surface area contributed by atoms with Gasteiger partial charge in [-0.3, -0.25) is 10.7 Å². The van der Waals surface area contributed by atoms with E-state index in [1.807, 2.05) is 7.05 Å². The standard InChI is InChI=1S/C11H26N4/c1-10(2)13-8-11-4-6-15(7-5-11)9-14(3)12/h10-11,13H,4-9,12H2,1-3H3. The molecule has 0 aromatic rings. The van der Waals surface area contributed by atoms with Crippen LogP contribution in [0.5, 0.6) is 0 Å². The number of nitrogens with two attached hydrogens (primary N) is 1. The van der Waals surface area contributed by atoms with Gasteiger partial charge in [-0.25, -0.2) is 5.01 Å². The van der Waals surface area contributed by atoms with Crippen molar-refractivity contribution in [2.24, 2.45) is 11.8 Å². The molecule has 0 radical (unpaired) electrons. The molecular weight excluding hydrogens is 188 g/mol. The maximum atomic E-state index is 5.64. The molecule has 1 rings (SSSR count). The van der Waals surface area contributed by atoms with Gasteiger partial charge in [0.2, 0.25) is 0 Å². The van der Waals surface area contributed by atoms with Crippen LogP contribution in [0.2, 0.25) is 0 Å². The Morgan fingerprint density at radius 2 is 2.00 bits per heavy atom. The van der Waals surface area contributed by atoms with Crippen molar-refractivity contribution in [3.63, 3.8) is 0 Å². The van der Waals surface area contributed by atoms with E-state index in [1.165, 1.54) is 32.5 Å². The fourth-order valence-corrected chi connectivity index (χ4v) is 2.05. The average Bonchev–Trinajstić information content (AvgIpc) is 2.16. The number of rotatable bonds is 5. The molecule has 0 amide bonds. The van der Waals surface area contributed by atoms with Gasteiger partial charge in [-0.1, -0.05) is 13.8 Å². The van der Waals surface area contributed by atoms with Gasteiger partial charge in [0.05, 0.1) is 6.67 Å². The van der Waals surface area contributed by atoms with Crippen LogP contribution in [-0.2, 0) is 0 Å². The Morgan fingerprint density at radius 1 is 1.40 bits per heavy atom. The highest BCUT2D eigenvalue weighted by atomic mass is 15.5. The van der Waals surface area contributed by atoms with Crippen LogP contribution in [0.25, 0.3) is 0 Å². The molecule has 0 unspecified atom stereocenters. The van der Waals surface area contributed by atoms with E-state index in [1.54, 1.807) is 5.01 Å². The highest BCUT2D eigenvalue weighted by Crippen LogP contribution is 2.16. The number of hydrogen-bond acceptors (Lipinski definition) is 4. The fourth-order valence-electron chi connectivity index (χ4n) is 2.05. The van der Waals surface area contributed by atoms with Crippen LogP contribution < -0.4 is 11.2 Å². The third-order valence-electron chi connectivity index (χ3n) is 2.94. The lowest BCUT2D eigenvalue weighted by Gasteiger charge is -2.33. The smallest absolute Gasteiger partial charge is 0.0640 e. The van der Waals surface area contributed by atoms with Gasteiger partial charge in [0.1, 0.15) is 0 Å². The van der Waals surface area contributed by atoms with Gasteiger partial charge in [-0.2, -0.15) is 0 Å². The summed E-state index contributed by atoms with van der Waals surface area (Å²) in [6, 6.07) is 0.609. The van der Waals surface area contributed by atoms with E-state index in [4.69, 9.17) is 5.84 Å². The van der Waals surface area contributed by atoms with Crippen LogP contribution in [0.15, 0.2) is 0 Å². The highest BCUT2D eigenvalue weighted by Gasteiger charge is 2.19. The zero-order valence-electron chi connectivity index (χ0n) is 10.4. The van der Waals surface area contributed by atoms with Crippen LogP contribution in [0, 0.1) is 5.92 Å². The molecule has 0 atom stereocenters. The molecule has 0 aromatic carbocycles. The van der Waals surface area contributed by atoms with Crippen LogP contribution in [0.1, 0.15) is 26.7 Å². The van der Waals surface area contributed by atoms with Gasteiger partial charge in [0, 0.05) is 13.1 Å². The maximum Gasteiger partial charge on any atom is 0.0640 e. The first kappa shape index (κ1) is 12.9. The first-order chi connectivity index (χ1) is 7.08. The number of hydrazine groups is 1. The maximum absolute atomic E-state index is 5.64. The Bertz CT molecular complexity index is 162. The minimum Gasteiger partial charge on any atom is -0.314 e. The molecule has 4 nitrogen and oxygen atoms in total. The van der Waals surface area contributed by atoms with Crippen molar-refractivity contribution in [2.45, 2.75) is 32.7 Å². The Labute approximate surface area is 93.8 Å². The summed E-state index contributed by atoms with van der Waals surface area (Å²) in [5, 5.41) is 5.27. The van der Waals surface area contributed by atoms with E-state index in [2.05, 4.69) is 24.1 Å². The Kier molecular flexibility index (Phi) is 5.53. The number of piperidine rings is 1. The second-order valence-corrected chi connectivity index (χ2v) is 5.02. The van der Waals surface area contributed by atoms with Crippen molar-refractivity contribution in [3.05, 3.63) is 0 Å².